The first kappa shape index (κ1) is 14.4. The van der Waals surface area contributed by atoms with Crippen LogP contribution in [0, 0.1) is 13.8 Å². The lowest BCUT2D eigenvalue weighted by Gasteiger charge is -2.09. The van der Waals surface area contributed by atoms with E-state index >= 15 is 0 Å². The van der Waals surface area contributed by atoms with Crippen LogP contribution in [0.25, 0.3) is 11.0 Å². The lowest BCUT2D eigenvalue weighted by atomic mass is 10.1. The first-order chi connectivity index (χ1) is 9.52. The minimum absolute atomic E-state index is 0.177. The molecule has 0 saturated heterocycles. The number of aliphatic carboxylic acids is 1. The highest BCUT2D eigenvalue weighted by Gasteiger charge is 2.11. The number of hydrogen-bond donors (Lipinski definition) is 2. The van der Waals surface area contributed by atoms with Gasteiger partial charge in [0.25, 0.3) is 0 Å². The summed E-state index contributed by atoms with van der Waals surface area (Å²) in [7, 11) is 0. The van der Waals surface area contributed by atoms with Crippen LogP contribution < -0.4 is 5.32 Å². The summed E-state index contributed by atoms with van der Waals surface area (Å²) in [6, 6.07) is 4.21. The highest BCUT2D eigenvalue weighted by Crippen LogP contribution is 2.23. The molecule has 0 aliphatic carbocycles. The molecule has 5 heteroatoms. The van der Waals surface area contributed by atoms with Crippen molar-refractivity contribution in [2.45, 2.75) is 40.2 Å². The zero-order valence-corrected chi connectivity index (χ0v) is 12.2. The molecule has 0 saturated carbocycles. The van der Waals surface area contributed by atoms with E-state index in [9.17, 15) is 4.79 Å². The number of aromatic nitrogens is 2. The van der Waals surface area contributed by atoms with E-state index in [0.29, 0.717) is 13.0 Å². The van der Waals surface area contributed by atoms with E-state index in [0.717, 1.165) is 23.5 Å². The van der Waals surface area contributed by atoms with Crippen LogP contribution >= 0.6 is 0 Å². The predicted octanol–water partition coefficient (Wildman–Crippen LogP) is 2.95. The van der Waals surface area contributed by atoms with Crippen LogP contribution in [0.3, 0.4) is 0 Å². The molecule has 1 aromatic heterocycles. The van der Waals surface area contributed by atoms with Crippen molar-refractivity contribution in [2.24, 2.45) is 0 Å². The van der Waals surface area contributed by atoms with E-state index in [1.165, 1.54) is 11.1 Å². The molecule has 0 amide bonds. The standard InChI is InChI=1S/C15H21N3O2/c1-4-16-15-17-12-8-10(2)11(3)9-13(12)18(15)7-5-6-14(19)20/h8-9H,4-7H2,1-3H3,(H,16,17)(H,19,20). The molecule has 0 spiro atoms. The maximum atomic E-state index is 10.7. The molecule has 2 aromatic rings. The number of carboxylic acid groups (broad SMARTS) is 1. The molecule has 0 atom stereocenters. The molecule has 0 unspecified atom stereocenters. The van der Waals surface area contributed by atoms with Crippen molar-refractivity contribution in [2.75, 3.05) is 11.9 Å². The Morgan fingerprint density at radius 3 is 2.70 bits per heavy atom. The molecule has 5 nitrogen and oxygen atoms in total. The molecule has 0 radical (unpaired) electrons. The number of carboxylic acids is 1. The Morgan fingerprint density at radius 1 is 1.35 bits per heavy atom. The first-order valence-electron chi connectivity index (χ1n) is 6.96. The van der Waals surface area contributed by atoms with Gasteiger partial charge >= 0.3 is 5.97 Å². The molecule has 2 N–H and O–H groups in total. The van der Waals surface area contributed by atoms with Gasteiger partial charge in [0, 0.05) is 19.5 Å². The summed E-state index contributed by atoms with van der Waals surface area (Å²) >= 11 is 0. The minimum atomic E-state index is -0.758. The quantitative estimate of drug-likeness (QED) is 0.850. The van der Waals surface area contributed by atoms with Gasteiger partial charge in [0.2, 0.25) is 5.95 Å². The van der Waals surface area contributed by atoms with Gasteiger partial charge in [-0.25, -0.2) is 4.98 Å². The van der Waals surface area contributed by atoms with Gasteiger partial charge in [-0.3, -0.25) is 4.79 Å². The normalized spacial score (nSPS) is 10.9. The molecule has 1 heterocycles. The van der Waals surface area contributed by atoms with Crippen LogP contribution in [-0.4, -0.2) is 27.2 Å². The molecule has 108 valence electrons. The summed E-state index contributed by atoms with van der Waals surface area (Å²) in [5.41, 5.74) is 4.46. The molecule has 0 aliphatic heterocycles. The van der Waals surface area contributed by atoms with Gasteiger partial charge in [0.05, 0.1) is 11.0 Å². The summed E-state index contributed by atoms with van der Waals surface area (Å²) in [6.07, 6.45) is 0.780. The van der Waals surface area contributed by atoms with Crippen molar-refractivity contribution in [3.8, 4) is 0 Å². The Bertz CT molecular complexity index is 632. The topological polar surface area (TPSA) is 67.2 Å². The van der Waals surface area contributed by atoms with Gasteiger partial charge in [-0.15, -0.1) is 0 Å². The Balaban J connectivity index is 2.39. The van der Waals surface area contributed by atoms with Gasteiger partial charge in [-0.05, 0) is 50.5 Å². The van der Waals surface area contributed by atoms with Gasteiger partial charge in [0.15, 0.2) is 0 Å². The summed E-state index contributed by atoms with van der Waals surface area (Å²) < 4.78 is 2.08. The van der Waals surface area contributed by atoms with Gasteiger partial charge < -0.3 is 15.0 Å². The van der Waals surface area contributed by atoms with E-state index in [1.54, 1.807) is 0 Å². The Hall–Kier alpha value is -2.04. The summed E-state index contributed by atoms with van der Waals surface area (Å²) in [5, 5.41) is 12.0. The zero-order chi connectivity index (χ0) is 14.7. The van der Waals surface area contributed by atoms with Crippen LogP contribution in [0.5, 0.6) is 0 Å². The van der Waals surface area contributed by atoms with E-state index in [1.807, 2.05) is 6.92 Å². The van der Waals surface area contributed by atoms with Crippen LogP contribution in [0.2, 0.25) is 0 Å². The fraction of sp³-hybridized carbons (Fsp3) is 0.467. The third-order valence-electron chi connectivity index (χ3n) is 3.47. The number of imidazole rings is 1. The second-order valence-electron chi connectivity index (χ2n) is 5.04. The summed E-state index contributed by atoms with van der Waals surface area (Å²) in [6.45, 7) is 7.63. The number of carbonyl (C=O) groups is 1. The van der Waals surface area contributed by atoms with E-state index in [2.05, 4.69) is 40.8 Å². The third kappa shape index (κ3) is 2.92. The molecular formula is C15H21N3O2. The number of nitrogens with zero attached hydrogens (tertiary/aromatic N) is 2. The second-order valence-corrected chi connectivity index (χ2v) is 5.04. The molecule has 0 fully saturated rings. The molecule has 20 heavy (non-hydrogen) atoms. The average Bonchev–Trinajstić information content (AvgIpc) is 2.68. The summed E-state index contributed by atoms with van der Waals surface area (Å²) in [5.74, 6) is 0.0596. The minimum Gasteiger partial charge on any atom is -0.481 e. The van der Waals surface area contributed by atoms with E-state index < -0.39 is 5.97 Å². The number of benzene rings is 1. The summed E-state index contributed by atoms with van der Waals surface area (Å²) in [4.78, 5) is 15.3. The number of hydrogen-bond acceptors (Lipinski definition) is 3. The first-order valence-corrected chi connectivity index (χ1v) is 6.96. The SMILES string of the molecule is CCNc1nc2cc(C)c(C)cc2n1CCCC(=O)O. The Labute approximate surface area is 118 Å². The van der Waals surface area contributed by atoms with Crippen LogP contribution in [-0.2, 0) is 11.3 Å². The maximum Gasteiger partial charge on any atom is 0.303 e. The van der Waals surface area contributed by atoms with Crippen LogP contribution in [0.15, 0.2) is 12.1 Å². The van der Waals surface area contributed by atoms with Crippen molar-refractivity contribution in [1.82, 2.24) is 9.55 Å². The highest BCUT2D eigenvalue weighted by molar-refractivity contribution is 5.80. The van der Waals surface area contributed by atoms with Gasteiger partial charge in [0.1, 0.15) is 0 Å². The Kier molecular flexibility index (Phi) is 4.27. The van der Waals surface area contributed by atoms with E-state index in [-0.39, 0.29) is 6.42 Å². The second kappa shape index (κ2) is 5.94. The number of aryl methyl sites for hydroxylation is 3. The number of nitrogens with one attached hydrogen (secondary N) is 1. The monoisotopic (exact) mass is 275 g/mol. The lowest BCUT2D eigenvalue weighted by Crippen LogP contribution is -2.08. The van der Waals surface area contributed by atoms with Crippen molar-refractivity contribution in [3.63, 3.8) is 0 Å². The zero-order valence-electron chi connectivity index (χ0n) is 12.2. The maximum absolute atomic E-state index is 10.7. The molecular weight excluding hydrogens is 254 g/mol. The number of fused-ring (bicyclic) bond motifs is 1. The fourth-order valence-corrected chi connectivity index (χ4v) is 2.29. The average molecular weight is 275 g/mol. The largest absolute Gasteiger partial charge is 0.481 e. The molecule has 1 aromatic carbocycles. The van der Waals surface area contributed by atoms with Crippen LogP contribution in [0.4, 0.5) is 5.95 Å². The number of rotatable bonds is 6. The van der Waals surface area contributed by atoms with Crippen molar-refractivity contribution in [3.05, 3.63) is 23.3 Å². The molecule has 0 aliphatic rings. The fourth-order valence-electron chi connectivity index (χ4n) is 2.29. The highest BCUT2D eigenvalue weighted by atomic mass is 16.4. The lowest BCUT2D eigenvalue weighted by molar-refractivity contribution is -0.137. The van der Waals surface area contributed by atoms with Crippen molar-refractivity contribution >= 4 is 23.0 Å². The smallest absolute Gasteiger partial charge is 0.303 e. The van der Waals surface area contributed by atoms with Gasteiger partial charge in [-0.2, -0.15) is 0 Å². The molecule has 0 bridgehead atoms. The number of anilines is 1. The van der Waals surface area contributed by atoms with Crippen molar-refractivity contribution < 1.29 is 9.90 Å². The van der Waals surface area contributed by atoms with E-state index in [4.69, 9.17) is 5.11 Å². The predicted molar refractivity (Wildman–Crippen MR) is 80.2 cm³/mol. The third-order valence-corrected chi connectivity index (χ3v) is 3.47. The van der Waals surface area contributed by atoms with Crippen LogP contribution in [0.1, 0.15) is 30.9 Å². The van der Waals surface area contributed by atoms with Gasteiger partial charge in [-0.1, -0.05) is 0 Å². The molecule has 2 rings (SSSR count). The Morgan fingerprint density at radius 2 is 2.05 bits per heavy atom. The van der Waals surface area contributed by atoms with Crippen molar-refractivity contribution in [1.29, 1.82) is 0 Å².